The van der Waals surface area contributed by atoms with Crippen LogP contribution in [0.1, 0.15) is 44.7 Å². The number of halogens is 1. The van der Waals surface area contributed by atoms with Crippen molar-refractivity contribution in [2.75, 3.05) is 5.32 Å². The number of ether oxygens (including phenoxy) is 1. The fraction of sp³-hybridized carbons (Fsp3) is 0.200. The van der Waals surface area contributed by atoms with E-state index in [0.29, 0.717) is 34.2 Å². The van der Waals surface area contributed by atoms with Crippen LogP contribution in [0.5, 0.6) is 5.75 Å². The Morgan fingerprint density at radius 1 is 1.00 bits per heavy atom. The van der Waals surface area contributed by atoms with Crippen molar-refractivity contribution >= 4 is 29.1 Å². The van der Waals surface area contributed by atoms with E-state index in [-0.39, 0.29) is 17.9 Å². The summed E-state index contributed by atoms with van der Waals surface area (Å²) in [4.78, 5) is 25.4. The van der Waals surface area contributed by atoms with Crippen molar-refractivity contribution in [1.82, 2.24) is 5.32 Å². The highest BCUT2D eigenvalue weighted by molar-refractivity contribution is 6.30. The van der Waals surface area contributed by atoms with Crippen LogP contribution in [0.4, 0.5) is 5.69 Å². The Kier molecular flexibility index (Phi) is 6.23. The summed E-state index contributed by atoms with van der Waals surface area (Å²) in [5, 5.41) is 6.55. The van der Waals surface area contributed by atoms with Crippen molar-refractivity contribution in [1.29, 1.82) is 0 Å². The molecule has 0 spiro atoms. The van der Waals surface area contributed by atoms with Crippen LogP contribution >= 0.6 is 11.6 Å². The number of amides is 2. The van der Waals surface area contributed by atoms with E-state index in [2.05, 4.69) is 10.6 Å². The Balaban J connectivity index is 1.48. The lowest BCUT2D eigenvalue weighted by Crippen LogP contribution is -2.25. The van der Waals surface area contributed by atoms with Crippen LogP contribution < -0.4 is 15.4 Å². The van der Waals surface area contributed by atoms with Crippen LogP contribution in [-0.2, 0) is 6.61 Å². The van der Waals surface area contributed by atoms with E-state index < -0.39 is 0 Å². The summed E-state index contributed by atoms with van der Waals surface area (Å²) in [6.45, 7) is 2.21. The molecule has 158 valence electrons. The largest absolute Gasteiger partial charge is 0.488 e. The van der Waals surface area contributed by atoms with E-state index in [1.165, 1.54) is 0 Å². The van der Waals surface area contributed by atoms with Crippen LogP contribution in [0, 0.1) is 6.92 Å². The lowest BCUT2D eigenvalue weighted by Gasteiger charge is -2.14. The number of rotatable bonds is 7. The molecule has 0 bridgehead atoms. The SMILES string of the molecule is Cc1ccc(C(=O)NC2CC2)cc1NC(=O)c1ccccc1OCc1ccc(Cl)cc1. The first-order chi connectivity index (χ1) is 15.0. The molecule has 6 heteroatoms. The fourth-order valence-corrected chi connectivity index (χ4v) is 3.23. The molecule has 2 amide bonds. The van der Waals surface area contributed by atoms with Crippen molar-refractivity contribution in [2.45, 2.75) is 32.4 Å². The van der Waals surface area contributed by atoms with Gasteiger partial charge in [-0.25, -0.2) is 0 Å². The zero-order valence-corrected chi connectivity index (χ0v) is 17.9. The van der Waals surface area contributed by atoms with Crippen LogP contribution in [0.2, 0.25) is 5.02 Å². The number of aryl methyl sites for hydroxylation is 1. The minimum absolute atomic E-state index is 0.121. The molecule has 31 heavy (non-hydrogen) atoms. The van der Waals surface area contributed by atoms with E-state index in [0.717, 1.165) is 24.0 Å². The molecule has 0 heterocycles. The Morgan fingerprint density at radius 2 is 1.74 bits per heavy atom. The molecule has 1 aliphatic carbocycles. The Bertz CT molecular complexity index is 1110. The molecule has 0 atom stereocenters. The Hall–Kier alpha value is -3.31. The summed E-state index contributed by atoms with van der Waals surface area (Å²) in [6.07, 6.45) is 2.04. The van der Waals surface area contributed by atoms with Gasteiger partial charge in [0, 0.05) is 22.3 Å². The second kappa shape index (κ2) is 9.23. The first kappa shape index (κ1) is 20.9. The lowest BCUT2D eigenvalue weighted by atomic mass is 10.1. The summed E-state index contributed by atoms with van der Waals surface area (Å²) in [7, 11) is 0. The zero-order valence-electron chi connectivity index (χ0n) is 17.2. The van der Waals surface area contributed by atoms with Gasteiger partial charge in [-0.1, -0.05) is 41.9 Å². The van der Waals surface area contributed by atoms with Crippen molar-refractivity contribution in [2.24, 2.45) is 0 Å². The summed E-state index contributed by atoms with van der Waals surface area (Å²) in [6, 6.07) is 20.0. The smallest absolute Gasteiger partial charge is 0.259 e. The normalized spacial score (nSPS) is 12.8. The number of hydrogen-bond acceptors (Lipinski definition) is 3. The molecule has 3 aromatic rings. The van der Waals surface area contributed by atoms with Gasteiger partial charge in [-0.05, 0) is 67.3 Å². The predicted octanol–water partition coefficient (Wildman–Crippen LogP) is 5.37. The minimum Gasteiger partial charge on any atom is -0.488 e. The Labute approximate surface area is 186 Å². The predicted molar refractivity (Wildman–Crippen MR) is 122 cm³/mol. The summed E-state index contributed by atoms with van der Waals surface area (Å²) < 4.78 is 5.90. The highest BCUT2D eigenvalue weighted by atomic mass is 35.5. The summed E-state index contributed by atoms with van der Waals surface area (Å²) in [5.74, 6) is 0.0643. The minimum atomic E-state index is -0.297. The molecule has 5 nitrogen and oxygen atoms in total. The number of benzene rings is 3. The van der Waals surface area contributed by atoms with E-state index in [1.54, 1.807) is 42.5 Å². The average Bonchev–Trinajstić information content (AvgIpc) is 3.59. The first-order valence-electron chi connectivity index (χ1n) is 10.2. The third-order valence-corrected chi connectivity index (χ3v) is 5.35. The van der Waals surface area contributed by atoms with Gasteiger partial charge in [0.05, 0.1) is 5.56 Å². The molecule has 1 fully saturated rings. The van der Waals surface area contributed by atoms with Crippen molar-refractivity contribution in [3.63, 3.8) is 0 Å². The highest BCUT2D eigenvalue weighted by Crippen LogP contribution is 2.24. The van der Waals surface area contributed by atoms with Crippen molar-refractivity contribution in [3.8, 4) is 5.75 Å². The van der Waals surface area contributed by atoms with Crippen LogP contribution in [-0.4, -0.2) is 17.9 Å². The van der Waals surface area contributed by atoms with Gasteiger partial charge in [-0.15, -0.1) is 0 Å². The lowest BCUT2D eigenvalue weighted by molar-refractivity contribution is 0.0949. The molecule has 0 aromatic heterocycles. The van der Waals surface area contributed by atoms with E-state index in [1.807, 2.05) is 31.2 Å². The van der Waals surface area contributed by atoms with E-state index in [9.17, 15) is 9.59 Å². The maximum atomic E-state index is 13.0. The molecule has 0 saturated heterocycles. The molecule has 1 saturated carbocycles. The van der Waals surface area contributed by atoms with Crippen molar-refractivity contribution in [3.05, 3.63) is 94.0 Å². The number of carbonyl (C=O) groups is 2. The molecule has 4 rings (SSSR count). The molecule has 0 unspecified atom stereocenters. The van der Waals surface area contributed by atoms with Crippen LogP contribution in [0.25, 0.3) is 0 Å². The number of para-hydroxylation sites is 1. The first-order valence-corrected chi connectivity index (χ1v) is 10.6. The van der Waals surface area contributed by atoms with Crippen molar-refractivity contribution < 1.29 is 14.3 Å². The van der Waals surface area contributed by atoms with Gasteiger partial charge in [-0.2, -0.15) is 0 Å². The number of hydrogen-bond donors (Lipinski definition) is 2. The van der Waals surface area contributed by atoms with E-state index in [4.69, 9.17) is 16.3 Å². The molecule has 0 radical (unpaired) electrons. The quantitative estimate of drug-likeness (QED) is 0.525. The van der Waals surface area contributed by atoms with Gasteiger partial charge in [0.25, 0.3) is 11.8 Å². The number of carbonyl (C=O) groups excluding carboxylic acids is 2. The summed E-state index contributed by atoms with van der Waals surface area (Å²) >= 11 is 5.92. The van der Waals surface area contributed by atoms with Gasteiger partial charge in [0.1, 0.15) is 12.4 Å². The number of anilines is 1. The third kappa shape index (κ3) is 5.44. The fourth-order valence-electron chi connectivity index (χ4n) is 3.11. The monoisotopic (exact) mass is 434 g/mol. The second-order valence-electron chi connectivity index (χ2n) is 7.64. The molecular weight excluding hydrogens is 412 g/mol. The Morgan fingerprint density at radius 3 is 2.48 bits per heavy atom. The van der Waals surface area contributed by atoms with E-state index >= 15 is 0 Å². The highest BCUT2D eigenvalue weighted by Gasteiger charge is 2.24. The van der Waals surface area contributed by atoms with Crippen LogP contribution in [0.3, 0.4) is 0 Å². The maximum Gasteiger partial charge on any atom is 0.259 e. The second-order valence-corrected chi connectivity index (χ2v) is 8.08. The molecule has 3 aromatic carbocycles. The third-order valence-electron chi connectivity index (χ3n) is 5.10. The van der Waals surface area contributed by atoms with Gasteiger partial charge in [0.15, 0.2) is 0 Å². The maximum absolute atomic E-state index is 13.0. The zero-order chi connectivity index (χ0) is 21.8. The topological polar surface area (TPSA) is 67.4 Å². The molecular formula is C25H23ClN2O3. The average molecular weight is 435 g/mol. The molecule has 2 N–H and O–H groups in total. The summed E-state index contributed by atoms with van der Waals surface area (Å²) in [5.41, 5.74) is 3.37. The van der Waals surface area contributed by atoms with Crippen LogP contribution in [0.15, 0.2) is 66.7 Å². The number of nitrogens with one attached hydrogen (secondary N) is 2. The van der Waals surface area contributed by atoms with Gasteiger partial charge < -0.3 is 15.4 Å². The van der Waals surface area contributed by atoms with Gasteiger partial charge in [0.2, 0.25) is 0 Å². The van der Waals surface area contributed by atoms with Gasteiger partial charge in [-0.3, -0.25) is 9.59 Å². The molecule has 0 aliphatic heterocycles. The standard InChI is InChI=1S/C25H23ClN2O3/c1-16-6-9-18(24(29)27-20-12-13-20)14-22(16)28-25(30)21-4-2-3-5-23(21)31-15-17-7-10-19(26)11-8-17/h2-11,14,20H,12-13,15H2,1H3,(H,27,29)(H,28,30). The molecule has 1 aliphatic rings. The van der Waals surface area contributed by atoms with Gasteiger partial charge >= 0.3 is 0 Å².